The molecule has 0 aromatic carbocycles. The topological polar surface area (TPSA) is 147 Å². The second-order valence-corrected chi connectivity index (χ2v) is 11.0. The predicted octanol–water partition coefficient (Wildman–Crippen LogP) is 3.25. The number of carbonyl (C=O) groups excluding carboxylic acids is 4. The predicted molar refractivity (Wildman–Crippen MR) is 146 cm³/mol. The minimum atomic E-state index is -1.48. The van der Waals surface area contributed by atoms with Crippen LogP contribution < -0.4 is 0 Å². The molecule has 0 aromatic heterocycles. The molecule has 1 aliphatic rings. The van der Waals surface area contributed by atoms with E-state index in [4.69, 9.17) is 9.47 Å². The molecule has 0 bridgehead atoms. The minimum Gasteiger partial charge on any atom is -0.465 e. The largest absolute Gasteiger partial charge is 0.465 e. The van der Waals surface area contributed by atoms with Gasteiger partial charge in [-0.15, -0.1) is 0 Å². The number of ketones is 2. The van der Waals surface area contributed by atoms with Gasteiger partial charge in [0.25, 0.3) is 0 Å². The number of Topliss-reactive ketones (excluding diaryl/α,β-unsaturated/α-hetero) is 2. The average Bonchev–Trinajstić information content (AvgIpc) is 2.86. The van der Waals surface area contributed by atoms with Crippen LogP contribution in [0.1, 0.15) is 74.1 Å². The van der Waals surface area contributed by atoms with E-state index in [1.165, 1.54) is 19.9 Å². The van der Waals surface area contributed by atoms with Crippen LogP contribution in [0.3, 0.4) is 0 Å². The van der Waals surface area contributed by atoms with E-state index in [0.29, 0.717) is 12.0 Å². The minimum absolute atomic E-state index is 0.0497. The first-order chi connectivity index (χ1) is 18.1. The van der Waals surface area contributed by atoms with Crippen molar-refractivity contribution in [3.8, 4) is 0 Å². The molecule has 39 heavy (non-hydrogen) atoms. The maximum Gasteiger partial charge on any atom is 0.311 e. The molecule has 0 aliphatic heterocycles. The molecule has 0 amide bonds. The summed E-state index contributed by atoms with van der Waals surface area (Å²) in [6.07, 6.45) is 5.75. The first-order valence-electron chi connectivity index (χ1n) is 13.6. The van der Waals surface area contributed by atoms with E-state index >= 15 is 0 Å². The fourth-order valence-electron chi connectivity index (χ4n) is 4.40. The molecule has 0 radical (unpaired) electrons. The Morgan fingerprint density at radius 2 is 1.85 bits per heavy atom. The lowest BCUT2D eigenvalue weighted by Gasteiger charge is -2.32. The second-order valence-electron chi connectivity index (χ2n) is 11.0. The van der Waals surface area contributed by atoms with Crippen LogP contribution in [0.15, 0.2) is 36.0 Å². The number of aliphatic hydroxyl groups is 3. The molecule has 0 saturated heterocycles. The maximum atomic E-state index is 13.2. The SMILES string of the molecule is CC[C@@H](O)[C@@H](C)C(=O)OC[C@@H](C)/C=C/C=C(\C)[C@H]1C(=O)C(=O)C[C@@H](O)CC[C@](C)(O)[C@@H](OC(C)=O)/C=C/[C@@H]1C. The van der Waals surface area contributed by atoms with E-state index in [0.717, 1.165) is 0 Å². The number of aliphatic hydroxyl groups excluding tert-OH is 2. The van der Waals surface area contributed by atoms with Crippen molar-refractivity contribution < 1.29 is 44.0 Å². The van der Waals surface area contributed by atoms with Gasteiger partial charge in [-0.1, -0.05) is 50.6 Å². The van der Waals surface area contributed by atoms with Gasteiger partial charge in [-0.05, 0) is 52.0 Å². The number of esters is 2. The standard InChI is InChI=1S/C30H46O9/c1-8-24(33)21(5)29(36)38-17-18(2)10-9-11-19(3)27-20(4)12-13-26(39-22(6)31)30(7,37)15-14-23(32)16-25(34)28(27)35/h9-13,18,20-21,23-24,26-27,32-33,37H,8,14-17H2,1-7H3/b10-9+,13-12+,19-11+/t18-,20-,21+,23-,24+,26-,27+,30-/m0/s1. The molecule has 0 saturated carbocycles. The lowest BCUT2D eigenvalue weighted by Crippen LogP contribution is -2.42. The molecule has 1 aliphatic carbocycles. The quantitative estimate of drug-likeness (QED) is 0.170. The number of rotatable bonds is 9. The lowest BCUT2D eigenvalue weighted by atomic mass is 9.79. The Labute approximate surface area is 232 Å². The van der Waals surface area contributed by atoms with Gasteiger partial charge in [0.05, 0.1) is 30.7 Å². The van der Waals surface area contributed by atoms with Crippen LogP contribution in [0, 0.1) is 23.7 Å². The highest BCUT2D eigenvalue weighted by molar-refractivity contribution is 6.38. The van der Waals surface area contributed by atoms with Crippen LogP contribution in [0.25, 0.3) is 0 Å². The zero-order valence-electron chi connectivity index (χ0n) is 24.3. The van der Waals surface area contributed by atoms with Crippen molar-refractivity contribution in [1.29, 1.82) is 0 Å². The van der Waals surface area contributed by atoms with Crippen molar-refractivity contribution in [3.05, 3.63) is 36.0 Å². The van der Waals surface area contributed by atoms with Crippen LogP contribution in [0.5, 0.6) is 0 Å². The van der Waals surface area contributed by atoms with Crippen LogP contribution in [-0.2, 0) is 28.7 Å². The summed E-state index contributed by atoms with van der Waals surface area (Å²) < 4.78 is 10.6. The highest BCUT2D eigenvalue weighted by atomic mass is 16.6. The third-order valence-electron chi connectivity index (χ3n) is 7.13. The van der Waals surface area contributed by atoms with Crippen molar-refractivity contribution in [2.75, 3.05) is 6.61 Å². The van der Waals surface area contributed by atoms with Gasteiger partial charge >= 0.3 is 11.9 Å². The van der Waals surface area contributed by atoms with Crippen molar-refractivity contribution in [3.63, 3.8) is 0 Å². The molecular formula is C30H46O9. The first kappa shape index (κ1) is 34.4. The fourth-order valence-corrected chi connectivity index (χ4v) is 4.40. The summed E-state index contributed by atoms with van der Waals surface area (Å²) in [4.78, 5) is 49.7. The summed E-state index contributed by atoms with van der Waals surface area (Å²) in [5.74, 6) is -4.45. The zero-order chi connectivity index (χ0) is 29.9. The molecule has 1 rings (SSSR count). The molecule has 8 atom stereocenters. The second kappa shape index (κ2) is 15.8. The summed E-state index contributed by atoms with van der Waals surface area (Å²) in [7, 11) is 0. The molecule has 3 N–H and O–H groups in total. The fraction of sp³-hybridized carbons (Fsp3) is 0.667. The van der Waals surface area contributed by atoms with Crippen molar-refractivity contribution >= 4 is 23.5 Å². The monoisotopic (exact) mass is 550 g/mol. The summed E-state index contributed by atoms with van der Waals surface area (Å²) in [5.41, 5.74) is -0.877. The van der Waals surface area contributed by atoms with E-state index in [-0.39, 0.29) is 31.8 Å². The molecule has 9 heteroatoms. The Bertz CT molecular complexity index is 946. The first-order valence-corrected chi connectivity index (χ1v) is 13.6. The van der Waals surface area contributed by atoms with Gasteiger partial charge in [-0.2, -0.15) is 0 Å². The van der Waals surface area contributed by atoms with Crippen LogP contribution in [-0.4, -0.2) is 69.3 Å². The maximum absolute atomic E-state index is 13.2. The molecule has 220 valence electrons. The molecule has 0 spiro atoms. The van der Waals surface area contributed by atoms with Crippen LogP contribution in [0.2, 0.25) is 0 Å². The van der Waals surface area contributed by atoms with Crippen molar-refractivity contribution in [2.45, 2.75) is 98.1 Å². The Kier molecular flexibility index (Phi) is 14.0. The molecule has 0 aromatic rings. The molecule has 9 nitrogen and oxygen atoms in total. The molecule has 0 heterocycles. The van der Waals surface area contributed by atoms with Gasteiger partial charge in [0.1, 0.15) is 11.7 Å². The third kappa shape index (κ3) is 11.2. The highest BCUT2D eigenvalue weighted by Gasteiger charge is 2.36. The van der Waals surface area contributed by atoms with Crippen LogP contribution in [0.4, 0.5) is 0 Å². The highest BCUT2D eigenvalue weighted by Crippen LogP contribution is 2.29. The van der Waals surface area contributed by atoms with Crippen molar-refractivity contribution in [2.24, 2.45) is 23.7 Å². The summed E-state index contributed by atoms with van der Waals surface area (Å²) >= 11 is 0. The zero-order valence-corrected chi connectivity index (χ0v) is 24.3. The Morgan fingerprint density at radius 3 is 2.44 bits per heavy atom. The van der Waals surface area contributed by atoms with Gasteiger partial charge in [0.2, 0.25) is 11.6 Å². The Morgan fingerprint density at radius 1 is 1.21 bits per heavy atom. The Balaban J connectivity index is 3.14. The summed E-state index contributed by atoms with van der Waals surface area (Å²) in [5, 5.41) is 31.1. The number of ether oxygens (including phenoxy) is 2. The molecular weight excluding hydrogens is 504 g/mol. The van der Waals surface area contributed by atoms with E-state index in [1.54, 1.807) is 52.0 Å². The number of hydrogen-bond acceptors (Lipinski definition) is 9. The van der Waals surface area contributed by atoms with Crippen LogP contribution >= 0.6 is 0 Å². The summed E-state index contributed by atoms with van der Waals surface area (Å²) in [6.45, 7) is 11.6. The number of carbonyl (C=O) groups is 4. The smallest absolute Gasteiger partial charge is 0.311 e. The Hall–Kier alpha value is -2.62. The number of allylic oxidation sites excluding steroid dienone is 4. The van der Waals surface area contributed by atoms with E-state index in [9.17, 15) is 34.5 Å². The van der Waals surface area contributed by atoms with E-state index in [2.05, 4.69) is 0 Å². The molecule has 0 fully saturated rings. The lowest BCUT2D eigenvalue weighted by molar-refractivity contribution is -0.156. The van der Waals surface area contributed by atoms with Gasteiger partial charge in [0.15, 0.2) is 0 Å². The van der Waals surface area contributed by atoms with Gasteiger partial charge < -0.3 is 24.8 Å². The summed E-state index contributed by atoms with van der Waals surface area (Å²) in [6, 6.07) is 0. The van der Waals surface area contributed by atoms with E-state index < -0.39 is 65.2 Å². The van der Waals surface area contributed by atoms with Crippen molar-refractivity contribution in [1.82, 2.24) is 0 Å². The third-order valence-corrected chi connectivity index (χ3v) is 7.13. The number of hydrogen-bond donors (Lipinski definition) is 3. The van der Waals surface area contributed by atoms with Gasteiger partial charge in [0, 0.05) is 19.3 Å². The normalized spacial score (nSPS) is 30.6. The molecule has 0 unspecified atom stereocenters. The van der Waals surface area contributed by atoms with Gasteiger partial charge in [-0.3, -0.25) is 19.2 Å². The average molecular weight is 551 g/mol. The van der Waals surface area contributed by atoms with E-state index in [1.807, 2.05) is 6.92 Å². The van der Waals surface area contributed by atoms with Gasteiger partial charge in [-0.25, -0.2) is 0 Å².